The van der Waals surface area contributed by atoms with Gasteiger partial charge in [-0.05, 0) is 31.0 Å². The van der Waals surface area contributed by atoms with E-state index in [9.17, 15) is 9.59 Å². The molecule has 0 saturated carbocycles. The summed E-state index contributed by atoms with van der Waals surface area (Å²) in [5.41, 5.74) is 0.564. The SMILES string of the molecule is COCC(=O)NC1CCN(C(=O)c2ccc(OC)c(OC)c2)CC1. The number of likely N-dealkylation sites (tertiary alicyclic amines) is 1. The molecule has 1 heterocycles. The van der Waals surface area contributed by atoms with E-state index in [1.807, 2.05) is 0 Å². The molecule has 0 radical (unpaired) electrons. The molecule has 2 amide bonds. The van der Waals surface area contributed by atoms with Gasteiger partial charge in [0.05, 0.1) is 14.2 Å². The summed E-state index contributed by atoms with van der Waals surface area (Å²) < 4.78 is 15.2. The van der Waals surface area contributed by atoms with Crippen LogP contribution in [0.15, 0.2) is 18.2 Å². The van der Waals surface area contributed by atoms with E-state index in [-0.39, 0.29) is 24.5 Å². The molecule has 1 aliphatic heterocycles. The highest BCUT2D eigenvalue weighted by molar-refractivity contribution is 5.95. The number of benzene rings is 1. The second-order valence-electron chi connectivity index (χ2n) is 5.64. The third-order valence-electron chi connectivity index (χ3n) is 4.05. The Hall–Kier alpha value is -2.28. The standard InChI is InChI=1S/C17H24N2O5/c1-22-11-16(20)18-13-6-8-19(9-7-13)17(21)12-4-5-14(23-2)15(10-12)24-3/h4-5,10,13H,6-9,11H2,1-3H3,(H,18,20). The van der Waals surface area contributed by atoms with Crippen molar-refractivity contribution in [1.82, 2.24) is 10.2 Å². The van der Waals surface area contributed by atoms with Crippen LogP contribution in [0.3, 0.4) is 0 Å². The first kappa shape index (κ1) is 18.1. The third kappa shape index (κ3) is 4.38. The normalized spacial score (nSPS) is 15.0. The van der Waals surface area contributed by atoms with Crippen LogP contribution in [0.1, 0.15) is 23.2 Å². The second-order valence-corrected chi connectivity index (χ2v) is 5.64. The van der Waals surface area contributed by atoms with Crippen molar-refractivity contribution in [2.24, 2.45) is 0 Å². The van der Waals surface area contributed by atoms with Crippen molar-refractivity contribution in [2.45, 2.75) is 18.9 Å². The number of nitrogens with one attached hydrogen (secondary N) is 1. The monoisotopic (exact) mass is 336 g/mol. The van der Waals surface area contributed by atoms with Crippen molar-refractivity contribution in [3.63, 3.8) is 0 Å². The zero-order valence-electron chi connectivity index (χ0n) is 14.3. The Morgan fingerprint density at radius 1 is 1.12 bits per heavy atom. The number of hydrogen-bond acceptors (Lipinski definition) is 5. The van der Waals surface area contributed by atoms with Crippen LogP contribution in [0.25, 0.3) is 0 Å². The van der Waals surface area contributed by atoms with E-state index in [1.165, 1.54) is 7.11 Å². The molecule has 1 fully saturated rings. The molecule has 2 rings (SSSR count). The zero-order valence-corrected chi connectivity index (χ0v) is 14.3. The average molecular weight is 336 g/mol. The van der Waals surface area contributed by atoms with E-state index in [0.717, 1.165) is 12.8 Å². The van der Waals surface area contributed by atoms with Crippen LogP contribution in [-0.4, -0.2) is 63.8 Å². The quantitative estimate of drug-likeness (QED) is 0.841. The van der Waals surface area contributed by atoms with Crippen molar-refractivity contribution in [3.05, 3.63) is 23.8 Å². The van der Waals surface area contributed by atoms with Crippen LogP contribution in [0.2, 0.25) is 0 Å². The largest absolute Gasteiger partial charge is 0.493 e. The molecule has 7 nitrogen and oxygen atoms in total. The van der Waals surface area contributed by atoms with Crippen LogP contribution < -0.4 is 14.8 Å². The summed E-state index contributed by atoms with van der Waals surface area (Å²) in [6.07, 6.45) is 1.46. The first-order valence-electron chi connectivity index (χ1n) is 7.88. The highest BCUT2D eigenvalue weighted by Crippen LogP contribution is 2.28. The summed E-state index contributed by atoms with van der Waals surface area (Å²) >= 11 is 0. The molecule has 7 heteroatoms. The van der Waals surface area contributed by atoms with Gasteiger partial charge in [0.2, 0.25) is 5.91 Å². The number of ether oxygens (including phenoxy) is 3. The van der Waals surface area contributed by atoms with Gasteiger partial charge < -0.3 is 24.4 Å². The fourth-order valence-corrected chi connectivity index (χ4v) is 2.78. The fraction of sp³-hybridized carbons (Fsp3) is 0.529. The number of amides is 2. The van der Waals surface area contributed by atoms with E-state index >= 15 is 0 Å². The highest BCUT2D eigenvalue weighted by Gasteiger charge is 2.25. The maximum absolute atomic E-state index is 12.6. The molecule has 0 aliphatic carbocycles. The molecule has 1 aromatic carbocycles. The highest BCUT2D eigenvalue weighted by atomic mass is 16.5. The second kappa shape index (κ2) is 8.54. The van der Waals surface area contributed by atoms with E-state index < -0.39 is 0 Å². The first-order chi connectivity index (χ1) is 11.6. The smallest absolute Gasteiger partial charge is 0.253 e. The topological polar surface area (TPSA) is 77.1 Å². The van der Waals surface area contributed by atoms with E-state index in [1.54, 1.807) is 37.3 Å². The molecule has 1 aromatic rings. The lowest BCUT2D eigenvalue weighted by atomic mass is 10.0. The molecular weight excluding hydrogens is 312 g/mol. The third-order valence-corrected chi connectivity index (χ3v) is 4.05. The average Bonchev–Trinajstić information content (AvgIpc) is 2.61. The minimum atomic E-state index is -0.123. The molecule has 1 saturated heterocycles. The van der Waals surface area contributed by atoms with Crippen molar-refractivity contribution >= 4 is 11.8 Å². The first-order valence-corrected chi connectivity index (χ1v) is 7.88. The van der Waals surface area contributed by atoms with Gasteiger partial charge in [-0.25, -0.2) is 0 Å². The number of carbonyl (C=O) groups is 2. The van der Waals surface area contributed by atoms with Crippen LogP contribution in [0, 0.1) is 0 Å². The Morgan fingerprint density at radius 3 is 2.38 bits per heavy atom. The predicted octanol–water partition coefficient (Wildman–Crippen LogP) is 1.07. The Balaban J connectivity index is 1.94. The summed E-state index contributed by atoms with van der Waals surface area (Å²) in [4.78, 5) is 25.9. The Kier molecular flexibility index (Phi) is 6.43. The van der Waals surface area contributed by atoms with Gasteiger partial charge >= 0.3 is 0 Å². The van der Waals surface area contributed by atoms with Gasteiger partial charge in [0.25, 0.3) is 5.91 Å². The van der Waals surface area contributed by atoms with Gasteiger partial charge in [-0.15, -0.1) is 0 Å². The molecule has 1 N–H and O–H groups in total. The van der Waals surface area contributed by atoms with E-state index in [2.05, 4.69) is 5.32 Å². The predicted molar refractivity (Wildman–Crippen MR) is 88.5 cm³/mol. The molecule has 1 aliphatic rings. The molecule has 0 spiro atoms. The number of piperidine rings is 1. The van der Waals surface area contributed by atoms with Crippen molar-refractivity contribution in [3.8, 4) is 11.5 Å². The van der Waals surface area contributed by atoms with Crippen LogP contribution >= 0.6 is 0 Å². The van der Waals surface area contributed by atoms with Crippen molar-refractivity contribution in [2.75, 3.05) is 41.0 Å². The molecular formula is C17H24N2O5. The van der Waals surface area contributed by atoms with Gasteiger partial charge in [-0.3, -0.25) is 9.59 Å². The Morgan fingerprint density at radius 2 is 1.79 bits per heavy atom. The minimum absolute atomic E-state index is 0.0439. The molecule has 0 unspecified atom stereocenters. The van der Waals surface area contributed by atoms with Gasteiger partial charge in [0, 0.05) is 31.8 Å². The lowest BCUT2D eigenvalue weighted by molar-refractivity contribution is -0.125. The summed E-state index contributed by atoms with van der Waals surface area (Å²) in [5, 5.41) is 2.91. The van der Waals surface area contributed by atoms with Crippen molar-refractivity contribution in [1.29, 1.82) is 0 Å². The van der Waals surface area contributed by atoms with Crippen LogP contribution in [-0.2, 0) is 9.53 Å². The van der Waals surface area contributed by atoms with Gasteiger partial charge in [-0.1, -0.05) is 0 Å². The number of nitrogens with zero attached hydrogens (tertiary/aromatic N) is 1. The molecule has 132 valence electrons. The van der Waals surface area contributed by atoms with Gasteiger partial charge in [0.15, 0.2) is 11.5 Å². The maximum Gasteiger partial charge on any atom is 0.253 e. The van der Waals surface area contributed by atoms with Gasteiger partial charge in [-0.2, -0.15) is 0 Å². The van der Waals surface area contributed by atoms with Crippen molar-refractivity contribution < 1.29 is 23.8 Å². The number of hydrogen-bond donors (Lipinski definition) is 1. The fourth-order valence-electron chi connectivity index (χ4n) is 2.78. The zero-order chi connectivity index (χ0) is 17.5. The Labute approximate surface area is 141 Å². The molecule has 0 atom stereocenters. The number of methoxy groups -OCH3 is 3. The lowest BCUT2D eigenvalue weighted by Crippen LogP contribution is -2.47. The maximum atomic E-state index is 12.6. The van der Waals surface area contributed by atoms with E-state index in [0.29, 0.717) is 30.2 Å². The number of rotatable bonds is 6. The van der Waals surface area contributed by atoms with E-state index in [4.69, 9.17) is 14.2 Å². The summed E-state index contributed by atoms with van der Waals surface area (Å²) in [7, 11) is 4.59. The minimum Gasteiger partial charge on any atom is -0.493 e. The summed E-state index contributed by atoms with van der Waals surface area (Å²) in [5.74, 6) is 0.957. The molecule has 0 bridgehead atoms. The molecule has 0 aromatic heterocycles. The summed E-state index contributed by atoms with van der Waals surface area (Å²) in [6.45, 7) is 1.26. The Bertz CT molecular complexity index is 582. The van der Waals surface area contributed by atoms with Crippen LogP contribution in [0.4, 0.5) is 0 Å². The summed E-state index contributed by atoms with van der Waals surface area (Å²) in [6, 6.07) is 5.23. The number of carbonyl (C=O) groups excluding carboxylic acids is 2. The molecule has 24 heavy (non-hydrogen) atoms. The lowest BCUT2D eigenvalue weighted by Gasteiger charge is -2.32. The van der Waals surface area contributed by atoms with Gasteiger partial charge in [0.1, 0.15) is 6.61 Å². The van der Waals surface area contributed by atoms with Crippen LogP contribution in [0.5, 0.6) is 11.5 Å².